The summed E-state index contributed by atoms with van der Waals surface area (Å²) in [6.07, 6.45) is 3.92. The highest BCUT2D eigenvalue weighted by molar-refractivity contribution is 5.91. The van der Waals surface area contributed by atoms with Crippen molar-refractivity contribution in [3.05, 3.63) is 60.1 Å². The monoisotopic (exact) mass is 381 g/mol. The van der Waals surface area contributed by atoms with Crippen LogP contribution in [-0.2, 0) is 11.3 Å². The van der Waals surface area contributed by atoms with E-state index in [1.165, 1.54) is 11.8 Å². The Bertz CT molecular complexity index is 783. The van der Waals surface area contributed by atoms with Crippen LogP contribution in [0.1, 0.15) is 35.4 Å². The van der Waals surface area contributed by atoms with Crippen molar-refractivity contribution in [2.45, 2.75) is 31.8 Å². The molecule has 0 bridgehead atoms. The predicted molar refractivity (Wildman–Crippen MR) is 106 cm³/mol. The van der Waals surface area contributed by atoms with Crippen molar-refractivity contribution >= 4 is 11.8 Å². The van der Waals surface area contributed by atoms with Gasteiger partial charge >= 0.3 is 0 Å². The van der Waals surface area contributed by atoms with Crippen LogP contribution in [0.15, 0.2) is 53.1 Å². The first-order chi connectivity index (χ1) is 13.7. The number of likely N-dealkylation sites (tertiary alicyclic amines) is 2. The van der Waals surface area contributed by atoms with Gasteiger partial charge in [-0.25, -0.2) is 0 Å². The van der Waals surface area contributed by atoms with E-state index in [2.05, 4.69) is 34.5 Å². The third kappa shape index (κ3) is 4.44. The van der Waals surface area contributed by atoms with Gasteiger partial charge in [0.2, 0.25) is 5.91 Å². The molecule has 4 rings (SSSR count). The van der Waals surface area contributed by atoms with E-state index in [0.717, 1.165) is 26.1 Å². The Morgan fingerprint density at radius 2 is 1.79 bits per heavy atom. The SMILES string of the molecule is O=C(NC1CCN(Cc2ccccc2)C1)C1CCN(C(=O)c2ccco2)CC1. The Hall–Kier alpha value is -2.60. The molecule has 6 heteroatoms. The zero-order chi connectivity index (χ0) is 19.3. The lowest BCUT2D eigenvalue weighted by atomic mass is 9.95. The van der Waals surface area contributed by atoms with E-state index in [9.17, 15) is 9.59 Å². The van der Waals surface area contributed by atoms with Crippen LogP contribution in [0.5, 0.6) is 0 Å². The minimum atomic E-state index is -0.0868. The molecule has 1 aromatic carbocycles. The molecule has 1 atom stereocenters. The van der Waals surface area contributed by atoms with Gasteiger partial charge in [-0.05, 0) is 37.0 Å². The lowest BCUT2D eigenvalue weighted by Gasteiger charge is -2.31. The summed E-state index contributed by atoms with van der Waals surface area (Å²) in [5.74, 6) is 0.407. The summed E-state index contributed by atoms with van der Waals surface area (Å²) in [4.78, 5) is 29.2. The lowest BCUT2D eigenvalue weighted by molar-refractivity contribution is -0.126. The minimum absolute atomic E-state index is 0.0103. The highest BCUT2D eigenvalue weighted by atomic mass is 16.3. The van der Waals surface area contributed by atoms with E-state index in [4.69, 9.17) is 4.42 Å². The summed E-state index contributed by atoms with van der Waals surface area (Å²) < 4.78 is 5.19. The molecule has 2 saturated heterocycles. The van der Waals surface area contributed by atoms with Crippen LogP contribution in [-0.4, -0.2) is 53.8 Å². The Kier molecular flexibility index (Phi) is 5.76. The third-order valence-corrected chi connectivity index (χ3v) is 5.75. The number of hydrogen-bond donors (Lipinski definition) is 1. The molecule has 2 fully saturated rings. The summed E-state index contributed by atoms with van der Waals surface area (Å²) in [6.45, 7) is 4.04. The molecular formula is C22H27N3O3. The van der Waals surface area contributed by atoms with Gasteiger partial charge in [-0.1, -0.05) is 30.3 Å². The Balaban J connectivity index is 1.21. The maximum absolute atomic E-state index is 12.7. The van der Waals surface area contributed by atoms with E-state index >= 15 is 0 Å². The number of nitrogens with one attached hydrogen (secondary N) is 1. The molecule has 3 heterocycles. The second-order valence-corrected chi connectivity index (χ2v) is 7.76. The molecule has 1 unspecified atom stereocenters. The summed E-state index contributed by atoms with van der Waals surface area (Å²) in [5.41, 5.74) is 1.31. The van der Waals surface area contributed by atoms with Crippen molar-refractivity contribution < 1.29 is 14.0 Å². The van der Waals surface area contributed by atoms with Gasteiger partial charge in [0.15, 0.2) is 5.76 Å². The summed E-state index contributed by atoms with van der Waals surface area (Å²) >= 11 is 0. The van der Waals surface area contributed by atoms with Gasteiger partial charge in [0.25, 0.3) is 5.91 Å². The van der Waals surface area contributed by atoms with Gasteiger partial charge < -0.3 is 14.6 Å². The summed E-state index contributed by atoms with van der Waals surface area (Å²) in [6, 6.07) is 14.1. The molecule has 28 heavy (non-hydrogen) atoms. The Morgan fingerprint density at radius 3 is 2.50 bits per heavy atom. The maximum Gasteiger partial charge on any atom is 0.289 e. The highest BCUT2D eigenvalue weighted by Crippen LogP contribution is 2.21. The first-order valence-corrected chi connectivity index (χ1v) is 10.1. The van der Waals surface area contributed by atoms with Crippen molar-refractivity contribution in [1.29, 1.82) is 0 Å². The average Bonchev–Trinajstić information content (AvgIpc) is 3.41. The van der Waals surface area contributed by atoms with E-state index in [-0.39, 0.29) is 23.8 Å². The fourth-order valence-electron chi connectivity index (χ4n) is 4.16. The quantitative estimate of drug-likeness (QED) is 0.864. The fraction of sp³-hybridized carbons (Fsp3) is 0.455. The van der Waals surface area contributed by atoms with Gasteiger partial charge in [0.05, 0.1) is 6.26 Å². The first kappa shape index (κ1) is 18.7. The van der Waals surface area contributed by atoms with Gasteiger partial charge in [0.1, 0.15) is 0 Å². The summed E-state index contributed by atoms with van der Waals surface area (Å²) in [7, 11) is 0. The van der Waals surface area contributed by atoms with Crippen molar-refractivity contribution in [1.82, 2.24) is 15.1 Å². The Morgan fingerprint density at radius 1 is 1.00 bits per heavy atom. The normalized spacial score (nSPS) is 21.0. The largest absolute Gasteiger partial charge is 0.459 e. The van der Waals surface area contributed by atoms with Gasteiger partial charge in [-0.15, -0.1) is 0 Å². The predicted octanol–water partition coefficient (Wildman–Crippen LogP) is 2.52. The molecule has 1 aromatic heterocycles. The van der Waals surface area contributed by atoms with Crippen molar-refractivity contribution in [2.75, 3.05) is 26.2 Å². The van der Waals surface area contributed by atoms with Crippen LogP contribution < -0.4 is 5.32 Å². The van der Waals surface area contributed by atoms with Crippen LogP contribution in [0.25, 0.3) is 0 Å². The third-order valence-electron chi connectivity index (χ3n) is 5.75. The van der Waals surface area contributed by atoms with Crippen molar-refractivity contribution in [3.63, 3.8) is 0 Å². The minimum Gasteiger partial charge on any atom is -0.459 e. The molecule has 0 saturated carbocycles. The number of piperidine rings is 1. The number of hydrogen-bond acceptors (Lipinski definition) is 4. The number of rotatable bonds is 5. The molecule has 0 spiro atoms. The zero-order valence-electron chi connectivity index (χ0n) is 16.0. The molecule has 6 nitrogen and oxygen atoms in total. The van der Waals surface area contributed by atoms with E-state index in [0.29, 0.717) is 31.7 Å². The van der Waals surface area contributed by atoms with Gasteiger partial charge in [0, 0.05) is 44.7 Å². The highest BCUT2D eigenvalue weighted by Gasteiger charge is 2.31. The maximum atomic E-state index is 12.7. The second-order valence-electron chi connectivity index (χ2n) is 7.76. The number of nitrogens with zero attached hydrogens (tertiary/aromatic N) is 2. The molecule has 2 amide bonds. The van der Waals surface area contributed by atoms with Crippen LogP contribution >= 0.6 is 0 Å². The molecule has 0 aliphatic carbocycles. The van der Waals surface area contributed by atoms with Crippen LogP contribution in [0.4, 0.5) is 0 Å². The molecule has 2 aliphatic heterocycles. The van der Waals surface area contributed by atoms with Crippen LogP contribution in [0.2, 0.25) is 0 Å². The standard InChI is InChI=1S/C22H27N3O3/c26-21(18-8-12-25(13-9-18)22(27)20-7-4-14-28-20)23-19-10-11-24(16-19)15-17-5-2-1-3-6-17/h1-7,14,18-19H,8-13,15-16H2,(H,23,26). The van der Waals surface area contributed by atoms with Crippen LogP contribution in [0.3, 0.4) is 0 Å². The van der Waals surface area contributed by atoms with E-state index < -0.39 is 0 Å². The van der Waals surface area contributed by atoms with E-state index in [1.807, 2.05) is 6.07 Å². The van der Waals surface area contributed by atoms with Gasteiger partial charge in [-0.3, -0.25) is 14.5 Å². The van der Waals surface area contributed by atoms with Crippen molar-refractivity contribution in [3.8, 4) is 0 Å². The van der Waals surface area contributed by atoms with Gasteiger partial charge in [-0.2, -0.15) is 0 Å². The topological polar surface area (TPSA) is 65.8 Å². The average molecular weight is 381 g/mol. The van der Waals surface area contributed by atoms with E-state index in [1.54, 1.807) is 17.0 Å². The molecule has 0 radical (unpaired) electrons. The Labute approximate surface area is 165 Å². The number of amides is 2. The zero-order valence-corrected chi connectivity index (χ0v) is 16.0. The van der Waals surface area contributed by atoms with Crippen molar-refractivity contribution in [2.24, 2.45) is 5.92 Å². The van der Waals surface area contributed by atoms with Crippen LogP contribution in [0, 0.1) is 5.92 Å². The summed E-state index contributed by atoms with van der Waals surface area (Å²) in [5, 5.41) is 3.23. The fourth-order valence-corrected chi connectivity index (χ4v) is 4.16. The second kappa shape index (κ2) is 8.61. The number of carbonyl (C=O) groups is 2. The number of carbonyl (C=O) groups excluding carboxylic acids is 2. The number of furan rings is 1. The molecular weight excluding hydrogens is 354 g/mol. The lowest BCUT2D eigenvalue weighted by Crippen LogP contribution is -2.45. The molecule has 2 aliphatic rings. The smallest absolute Gasteiger partial charge is 0.289 e. The first-order valence-electron chi connectivity index (χ1n) is 10.1. The molecule has 1 N–H and O–H groups in total. The number of benzene rings is 1. The molecule has 2 aromatic rings. The molecule has 148 valence electrons.